The molecule has 0 unspecified atom stereocenters. The Hall–Kier alpha value is -2.74. The number of carbonyl (C=O) groups is 1. The second-order valence-corrected chi connectivity index (χ2v) is 8.15. The van der Waals surface area contributed by atoms with Gasteiger partial charge in [0.2, 0.25) is 5.91 Å². The molecule has 0 aliphatic carbocycles. The number of hydrogen-bond donors (Lipinski definition) is 1. The lowest BCUT2D eigenvalue weighted by Gasteiger charge is -2.32. The van der Waals surface area contributed by atoms with Crippen LogP contribution in [0.5, 0.6) is 0 Å². The number of nitrogens with zero attached hydrogens (tertiary/aromatic N) is 4. The third-order valence-corrected chi connectivity index (χ3v) is 5.90. The number of thiophene rings is 1. The predicted molar refractivity (Wildman–Crippen MR) is 108 cm³/mol. The zero-order valence-electron chi connectivity index (χ0n) is 15.8. The van der Waals surface area contributed by atoms with Crippen molar-refractivity contribution in [2.75, 3.05) is 13.1 Å². The van der Waals surface area contributed by atoms with Crippen molar-refractivity contribution in [3.05, 3.63) is 57.7 Å². The summed E-state index contributed by atoms with van der Waals surface area (Å²) in [6.45, 7) is 3.91. The molecule has 0 aromatic carbocycles. The van der Waals surface area contributed by atoms with Gasteiger partial charge in [-0.2, -0.15) is 5.10 Å². The zero-order chi connectivity index (χ0) is 19.5. The van der Waals surface area contributed by atoms with Gasteiger partial charge < -0.3 is 9.88 Å². The number of hydrogen-bond acceptors (Lipinski definition) is 5. The van der Waals surface area contributed by atoms with E-state index in [2.05, 4.69) is 10.1 Å². The zero-order valence-corrected chi connectivity index (χ0v) is 16.6. The van der Waals surface area contributed by atoms with E-state index in [9.17, 15) is 9.59 Å². The minimum absolute atomic E-state index is 0.0530. The van der Waals surface area contributed by atoms with Crippen LogP contribution < -0.4 is 5.56 Å². The fourth-order valence-electron chi connectivity index (χ4n) is 3.60. The Bertz CT molecular complexity index is 1010. The van der Waals surface area contributed by atoms with Crippen LogP contribution in [0.2, 0.25) is 0 Å². The number of aryl methyl sites for hydroxylation is 2. The van der Waals surface area contributed by atoms with Gasteiger partial charge in [-0.3, -0.25) is 14.3 Å². The number of likely N-dealkylation sites (tertiary alicyclic amines) is 1. The fraction of sp³-hybridized carbons (Fsp3) is 0.400. The molecule has 3 aromatic rings. The van der Waals surface area contributed by atoms with Crippen LogP contribution in [0.4, 0.5) is 0 Å². The summed E-state index contributed by atoms with van der Waals surface area (Å²) in [7, 11) is 0. The van der Waals surface area contributed by atoms with Crippen LogP contribution >= 0.6 is 11.3 Å². The molecule has 28 heavy (non-hydrogen) atoms. The molecular formula is C20H23N5O2S. The van der Waals surface area contributed by atoms with E-state index in [0.717, 1.165) is 29.8 Å². The van der Waals surface area contributed by atoms with Crippen LogP contribution in [0, 0.1) is 6.92 Å². The molecule has 8 heteroatoms. The van der Waals surface area contributed by atoms with E-state index in [0.29, 0.717) is 31.0 Å². The Balaban J connectivity index is 1.45. The van der Waals surface area contributed by atoms with E-state index in [1.54, 1.807) is 22.2 Å². The van der Waals surface area contributed by atoms with Crippen LogP contribution in [-0.4, -0.2) is 43.6 Å². The highest BCUT2D eigenvalue weighted by molar-refractivity contribution is 7.13. The van der Waals surface area contributed by atoms with Crippen molar-refractivity contribution in [1.82, 2.24) is 24.6 Å². The van der Waals surface area contributed by atoms with Gasteiger partial charge in [0, 0.05) is 44.2 Å². The molecule has 1 fully saturated rings. The molecule has 0 bridgehead atoms. The predicted octanol–water partition coefficient (Wildman–Crippen LogP) is 2.80. The second kappa shape index (κ2) is 8.10. The molecule has 1 N–H and O–H groups in total. The summed E-state index contributed by atoms with van der Waals surface area (Å²) in [6.07, 6.45) is 5.98. The highest BCUT2D eigenvalue weighted by Crippen LogP contribution is 2.27. The Morgan fingerprint density at radius 1 is 1.43 bits per heavy atom. The topological polar surface area (TPSA) is 83.9 Å². The first-order valence-corrected chi connectivity index (χ1v) is 10.4. The van der Waals surface area contributed by atoms with Crippen LogP contribution in [0.3, 0.4) is 0 Å². The number of rotatable bonds is 5. The normalized spacial score (nSPS) is 17.0. The van der Waals surface area contributed by atoms with Crippen LogP contribution in [0.25, 0.3) is 10.6 Å². The van der Waals surface area contributed by atoms with Gasteiger partial charge in [0.15, 0.2) is 0 Å². The number of carbonyl (C=O) groups excluding carboxylic acids is 1. The third kappa shape index (κ3) is 4.22. The van der Waals surface area contributed by atoms with Gasteiger partial charge in [0.1, 0.15) is 5.82 Å². The maximum Gasteiger partial charge on any atom is 0.251 e. The molecular weight excluding hydrogens is 374 g/mol. The van der Waals surface area contributed by atoms with Gasteiger partial charge in [-0.05, 0) is 36.8 Å². The molecule has 1 saturated heterocycles. The van der Waals surface area contributed by atoms with Crippen molar-refractivity contribution in [2.45, 2.75) is 38.6 Å². The quantitative estimate of drug-likeness (QED) is 0.718. The minimum Gasteiger partial charge on any atom is -0.342 e. The number of piperidine rings is 1. The lowest BCUT2D eigenvalue weighted by molar-refractivity contribution is -0.132. The molecule has 1 atom stereocenters. The highest BCUT2D eigenvalue weighted by Gasteiger charge is 2.26. The van der Waals surface area contributed by atoms with Crippen molar-refractivity contribution < 1.29 is 4.79 Å². The maximum absolute atomic E-state index is 12.7. The Kier molecular flexibility index (Phi) is 5.38. The van der Waals surface area contributed by atoms with Gasteiger partial charge in [-0.1, -0.05) is 6.07 Å². The summed E-state index contributed by atoms with van der Waals surface area (Å²) in [4.78, 5) is 35.3. The van der Waals surface area contributed by atoms with Gasteiger partial charge in [0.05, 0.1) is 16.8 Å². The standard InChI is InChI=1S/C20H23N5O2S/c1-14-11-21-25(12-14)8-6-19(27)24-7-2-4-15(13-24)20-22-16(10-18(26)23-20)17-5-3-9-28-17/h3,5,9-12,15H,2,4,6-8,13H2,1H3,(H,22,23,26)/t15-/m0/s1. The van der Waals surface area contributed by atoms with E-state index in [4.69, 9.17) is 4.98 Å². The third-order valence-electron chi connectivity index (χ3n) is 5.01. The second-order valence-electron chi connectivity index (χ2n) is 7.20. The van der Waals surface area contributed by atoms with Crippen LogP contribution in [0.15, 0.2) is 40.8 Å². The molecule has 1 aliphatic heterocycles. The molecule has 0 spiro atoms. The van der Waals surface area contributed by atoms with Gasteiger partial charge in [-0.15, -0.1) is 11.3 Å². The smallest absolute Gasteiger partial charge is 0.251 e. The molecule has 4 heterocycles. The highest BCUT2D eigenvalue weighted by atomic mass is 32.1. The lowest BCUT2D eigenvalue weighted by Crippen LogP contribution is -2.40. The summed E-state index contributed by atoms with van der Waals surface area (Å²) < 4.78 is 1.80. The summed E-state index contributed by atoms with van der Waals surface area (Å²) in [5, 5.41) is 6.21. The van der Waals surface area contributed by atoms with E-state index >= 15 is 0 Å². The van der Waals surface area contributed by atoms with Crippen molar-refractivity contribution in [3.63, 3.8) is 0 Å². The summed E-state index contributed by atoms with van der Waals surface area (Å²) in [6, 6.07) is 5.45. The monoisotopic (exact) mass is 397 g/mol. The van der Waals surface area contributed by atoms with E-state index in [1.807, 2.05) is 35.5 Å². The van der Waals surface area contributed by atoms with E-state index in [-0.39, 0.29) is 17.4 Å². The van der Waals surface area contributed by atoms with Gasteiger partial charge >= 0.3 is 0 Å². The first kappa shape index (κ1) is 18.6. The molecule has 0 saturated carbocycles. The molecule has 1 amide bonds. The largest absolute Gasteiger partial charge is 0.342 e. The maximum atomic E-state index is 12.7. The average Bonchev–Trinajstić information content (AvgIpc) is 3.37. The van der Waals surface area contributed by atoms with Gasteiger partial charge in [-0.25, -0.2) is 4.98 Å². The first-order chi connectivity index (χ1) is 13.6. The molecule has 7 nitrogen and oxygen atoms in total. The number of aromatic amines is 1. The van der Waals surface area contributed by atoms with Crippen molar-refractivity contribution in [1.29, 1.82) is 0 Å². The molecule has 4 rings (SSSR count). The molecule has 3 aromatic heterocycles. The van der Waals surface area contributed by atoms with Crippen molar-refractivity contribution in [3.8, 4) is 10.6 Å². The molecule has 146 valence electrons. The SMILES string of the molecule is Cc1cnn(CCC(=O)N2CCC[C@H](c3nc(-c4cccs4)cc(=O)[nH]3)C2)c1. The summed E-state index contributed by atoms with van der Waals surface area (Å²) in [5.74, 6) is 0.850. The summed E-state index contributed by atoms with van der Waals surface area (Å²) >= 11 is 1.56. The lowest BCUT2D eigenvalue weighted by atomic mass is 9.96. The summed E-state index contributed by atoms with van der Waals surface area (Å²) in [5.41, 5.74) is 1.64. The Labute approximate surface area is 167 Å². The van der Waals surface area contributed by atoms with Gasteiger partial charge in [0.25, 0.3) is 5.56 Å². The number of H-pyrrole nitrogens is 1. The van der Waals surface area contributed by atoms with Crippen LogP contribution in [0.1, 0.15) is 36.6 Å². The average molecular weight is 398 g/mol. The first-order valence-electron chi connectivity index (χ1n) is 9.50. The minimum atomic E-state index is -0.147. The van der Waals surface area contributed by atoms with E-state index in [1.165, 1.54) is 6.07 Å². The Morgan fingerprint density at radius 2 is 2.32 bits per heavy atom. The van der Waals surface area contributed by atoms with E-state index < -0.39 is 0 Å². The Morgan fingerprint density at radius 3 is 3.07 bits per heavy atom. The van der Waals surface area contributed by atoms with Crippen LogP contribution in [-0.2, 0) is 11.3 Å². The number of amides is 1. The van der Waals surface area contributed by atoms with Crippen molar-refractivity contribution >= 4 is 17.2 Å². The fourth-order valence-corrected chi connectivity index (χ4v) is 4.29. The molecule has 1 aliphatic rings. The number of nitrogens with one attached hydrogen (secondary N) is 1. The number of aromatic nitrogens is 4. The van der Waals surface area contributed by atoms with Crippen molar-refractivity contribution in [2.24, 2.45) is 0 Å². The molecule has 0 radical (unpaired) electrons.